The van der Waals surface area contributed by atoms with Crippen molar-refractivity contribution in [2.45, 2.75) is 51.6 Å². The summed E-state index contributed by atoms with van der Waals surface area (Å²) in [5.74, 6) is 0.502. The van der Waals surface area contributed by atoms with Crippen molar-refractivity contribution in [1.82, 2.24) is 4.90 Å². The Morgan fingerprint density at radius 2 is 1.74 bits per heavy atom. The van der Waals surface area contributed by atoms with E-state index in [-0.39, 0.29) is 17.0 Å². The van der Waals surface area contributed by atoms with Gasteiger partial charge in [-0.25, -0.2) is 0 Å². The van der Waals surface area contributed by atoms with Crippen LogP contribution in [-0.2, 0) is 11.2 Å². The summed E-state index contributed by atoms with van der Waals surface area (Å²) in [6.45, 7) is 8.57. The normalized spacial score (nSPS) is 26.4. The number of likely N-dealkylation sites (N-methyl/N-ethyl adjacent to an activating group) is 1. The molecule has 1 atom stereocenters. The van der Waals surface area contributed by atoms with E-state index in [1.807, 2.05) is 32.0 Å². The Kier molecular flexibility index (Phi) is 3.57. The predicted molar refractivity (Wildman–Crippen MR) is 79.2 cm³/mol. The van der Waals surface area contributed by atoms with E-state index < -0.39 is 0 Å². The molecule has 0 saturated carbocycles. The summed E-state index contributed by atoms with van der Waals surface area (Å²) >= 11 is 0. The van der Waals surface area contributed by atoms with Crippen LogP contribution in [0.15, 0.2) is 30.3 Å². The molecule has 1 aromatic rings. The van der Waals surface area contributed by atoms with Crippen LogP contribution in [0.2, 0.25) is 0 Å². The Labute approximate surface area is 116 Å². The molecular formula is C17H25NO. The molecule has 104 valence electrons. The summed E-state index contributed by atoms with van der Waals surface area (Å²) in [6.07, 6.45) is 1.79. The standard InChI is InChI=1S/C17H25NO/c1-16(2)12-14(11-13-9-7-6-8-10-13)15(19)17(3,4)18(16)5/h6-10,14H,11-12H2,1-5H3. The van der Waals surface area contributed by atoms with Gasteiger partial charge in [-0.05, 0) is 53.1 Å². The molecule has 2 nitrogen and oxygen atoms in total. The van der Waals surface area contributed by atoms with Crippen LogP contribution in [0, 0.1) is 5.92 Å². The topological polar surface area (TPSA) is 20.3 Å². The molecule has 0 aromatic heterocycles. The van der Waals surface area contributed by atoms with Gasteiger partial charge in [-0.15, -0.1) is 0 Å². The van der Waals surface area contributed by atoms with Gasteiger partial charge < -0.3 is 0 Å². The second-order valence-corrected chi connectivity index (χ2v) is 6.89. The monoisotopic (exact) mass is 259 g/mol. The molecule has 0 radical (unpaired) electrons. The molecule has 2 heteroatoms. The van der Waals surface area contributed by atoms with Crippen LogP contribution < -0.4 is 0 Å². The summed E-state index contributed by atoms with van der Waals surface area (Å²) in [6, 6.07) is 10.3. The first-order valence-corrected chi connectivity index (χ1v) is 7.07. The van der Waals surface area contributed by atoms with E-state index in [2.05, 4.69) is 37.9 Å². The average Bonchev–Trinajstić information content (AvgIpc) is 2.35. The molecule has 1 aliphatic rings. The first-order chi connectivity index (χ1) is 8.75. The fourth-order valence-corrected chi connectivity index (χ4v) is 3.32. The van der Waals surface area contributed by atoms with Crippen LogP contribution in [0.3, 0.4) is 0 Å². The third kappa shape index (κ3) is 2.59. The van der Waals surface area contributed by atoms with E-state index in [0.29, 0.717) is 5.78 Å². The van der Waals surface area contributed by atoms with Gasteiger partial charge in [0, 0.05) is 11.5 Å². The number of benzene rings is 1. The molecule has 1 unspecified atom stereocenters. The number of Topliss-reactive ketones (excluding diaryl/α,β-unsaturated/α-hetero) is 1. The quantitative estimate of drug-likeness (QED) is 0.812. The zero-order chi connectivity index (χ0) is 14.3. The Bertz CT molecular complexity index is 461. The summed E-state index contributed by atoms with van der Waals surface area (Å²) in [5.41, 5.74) is 0.954. The number of nitrogens with zero attached hydrogens (tertiary/aromatic N) is 1. The Morgan fingerprint density at radius 3 is 2.32 bits per heavy atom. The second-order valence-electron chi connectivity index (χ2n) is 6.89. The molecule has 0 bridgehead atoms. The van der Waals surface area contributed by atoms with Gasteiger partial charge >= 0.3 is 0 Å². The lowest BCUT2D eigenvalue weighted by Crippen LogP contribution is -2.64. The van der Waals surface area contributed by atoms with Crippen molar-refractivity contribution in [3.63, 3.8) is 0 Å². The van der Waals surface area contributed by atoms with Crippen LogP contribution >= 0.6 is 0 Å². The first kappa shape index (κ1) is 14.3. The highest BCUT2D eigenvalue weighted by Gasteiger charge is 2.48. The summed E-state index contributed by atoms with van der Waals surface area (Å²) in [4.78, 5) is 14.9. The van der Waals surface area contributed by atoms with Gasteiger partial charge in [0.05, 0.1) is 5.54 Å². The lowest BCUT2D eigenvalue weighted by Gasteiger charge is -2.52. The van der Waals surface area contributed by atoms with Crippen molar-refractivity contribution in [2.75, 3.05) is 7.05 Å². The van der Waals surface area contributed by atoms with Gasteiger partial charge in [0.2, 0.25) is 0 Å². The maximum atomic E-state index is 12.7. The van der Waals surface area contributed by atoms with Crippen LogP contribution in [0.4, 0.5) is 0 Å². The predicted octanol–water partition coefficient (Wildman–Crippen LogP) is 3.31. The highest BCUT2D eigenvalue weighted by Crippen LogP contribution is 2.38. The van der Waals surface area contributed by atoms with Crippen molar-refractivity contribution < 1.29 is 4.79 Å². The zero-order valence-corrected chi connectivity index (χ0v) is 12.7. The lowest BCUT2D eigenvalue weighted by molar-refractivity contribution is -0.145. The minimum Gasteiger partial charge on any atom is -0.297 e. The van der Waals surface area contributed by atoms with E-state index in [4.69, 9.17) is 0 Å². The average molecular weight is 259 g/mol. The van der Waals surface area contributed by atoms with Gasteiger partial charge in [-0.1, -0.05) is 30.3 Å². The van der Waals surface area contributed by atoms with Crippen LogP contribution in [0.5, 0.6) is 0 Å². The number of hydrogen-bond acceptors (Lipinski definition) is 2. The fraction of sp³-hybridized carbons (Fsp3) is 0.588. The van der Waals surface area contributed by atoms with Crippen molar-refractivity contribution >= 4 is 5.78 Å². The van der Waals surface area contributed by atoms with E-state index in [1.165, 1.54) is 5.56 Å². The highest BCUT2D eigenvalue weighted by atomic mass is 16.1. The maximum Gasteiger partial charge on any atom is 0.155 e. The Hall–Kier alpha value is -1.15. The molecule has 0 aliphatic carbocycles. The minimum atomic E-state index is -0.374. The van der Waals surface area contributed by atoms with E-state index in [9.17, 15) is 4.79 Å². The number of likely N-dealkylation sites (tertiary alicyclic amines) is 1. The molecule has 1 aliphatic heterocycles. The van der Waals surface area contributed by atoms with Crippen molar-refractivity contribution in [3.8, 4) is 0 Å². The number of piperidine rings is 1. The summed E-state index contributed by atoms with van der Waals surface area (Å²) < 4.78 is 0. The fourth-order valence-electron chi connectivity index (χ4n) is 3.32. The number of rotatable bonds is 2. The SMILES string of the molecule is CN1C(C)(C)CC(Cc2ccccc2)C(=O)C1(C)C. The van der Waals surface area contributed by atoms with Gasteiger partial charge in [0.25, 0.3) is 0 Å². The lowest BCUT2D eigenvalue weighted by atomic mass is 9.71. The van der Waals surface area contributed by atoms with Gasteiger partial charge in [0.1, 0.15) is 0 Å². The molecule has 0 N–H and O–H groups in total. The first-order valence-electron chi connectivity index (χ1n) is 7.07. The summed E-state index contributed by atoms with van der Waals surface area (Å²) in [5, 5.41) is 0. The summed E-state index contributed by atoms with van der Waals surface area (Å²) in [7, 11) is 2.07. The third-order valence-corrected chi connectivity index (χ3v) is 4.79. The van der Waals surface area contributed by atoms with E-state index in [0.717, 1.165) is 12.8 Å². The van der Waals surface area contributed by atoms with Crippen LogP contribution in [0.1, 0.15) is 39.7 Å². The van der Waals surface area contributed by atoms with Crippen molar-refractivity contribution in [1.29, 1.82) is 0 Å². The number of hydrogen-bond donors (Lipinski definition) is 0. The highest BCUT2D eigenvalue weighted by molar-refractivity contribution is 5.91. The Balaban J connectivity index is 2.24. The molecule has 1 aromatic carbocycles. The van der Waals surface area contributed by atoms with E-state index in [1.54, 1.807) is 0 Å². The maximum absolute atomic E-state index is 12.7. The van der Waals surface area contributed by atoms with Gasteiger partial charge in [-0.2, -0.15) is 0 Å². The molecule has 2 rings (SSSR count). The van der Waals surface area contributed by atoms with Crippen LogP contribution in [-0.4, -0.2) is 28.8 Å². The van der Waals surface area contributed by atoms with Crippen molar-refractivity contribution in [3.05, 3.63) is 35.9 Å². The largest absolute Gasteiger partial charge is 0.297 e. The second kappa shape index (κ2) is 4.75. The van der Waals surface area contributed by atoms with E-state index >= 15 is 0 Å². The molecule has 0 spiro atoms. The number of carbonyl (C=O) groups is 1. The van der Waals surface area contributed by atoms with Gasteiger partial charge in [-0.3, -0.25) is 9.69 Å². The number of ketones is 1. The zero-order valence-electron chi connectivity index (χ0n) is 12.7. The van der Waals surface area contributed by atoms with Crippen molar-refractivity contribution in [2.24, 2.45) is 5.92 Å². The number of carbonyl (C=O) groups excluding carboxylic acids is 1. The molecule has 1 heterocycles. The minimum absolute atomic E-state index is 0.0663. The molecule has 19 heavy (non-hydrogen) atoms. The Morgan fingerprint density at radius 1 is 1.16 bits per heavy atom. The molecule has 0 amide bonds. The van der Waals surface area contributed by atoms with Crippen LogP contribution in [0.25, 0.3) is 0 Å². The third-order valence-electron chi connectivity index (χ3n) is 4.79. The van der Waals surface area contributed by atoms with Gasteiger partial charge in [0.15, 0.2) is 5.78 Å². The smallest absolute Gasteiger partial charge is 0.155 e. The molecular weight excluding hydrogens is 234 g/mol. The molecule has 1 fully saturated rings. The molecule has 1 saturated heterocycles.